The van der Waals surface area contributed by atoms with Gasteiger partial charge in [-0.1, -0.05) is 12.1 Å². The van der Waals surface area contributed by atoms with Gasteiger partial charge in [-0.15, -0.1) is 0 Å². The molecular weight excluding hydrogens is 394 g/mol. The Morgan fingerprint density at radius 3 is 2.65 bits per heavy atom. The normalized spacial score (nSPS) is 13.7. The molecule has 1 aromatic carbocycles. The van der Waals surface area contributed by atoms with E-state index in [1.807, 2.05) is 35.1 Å². The van der Waals surface area contributed by atoms with Gasteiger partial charge in [-0.3, -0.25) is 14.3 Å². The minimum absolute atomic E-state index is 0.107. The Kier molecular flexibility index (Phi) is 5.39. The molecule has 0 fully saturated rings. The highest BCUT2D eigenvalue weighted by molar-refractivity contribution is 5.92. The lowest BCUT2D eigenvalue weighted by molar-refractivity contribution is 0.0725. The molecule has 162 valence electrons. The third-order valence-electron chi connectivity index (χ3n) is 5.40. The first-order chi connectivity index (χ1) is 14.7. The zero-order valence-electron chi connectivity index (χ0n) is 18.3. The average molecular weight is 422 g/mol. The summed E-state index contributed by atoms with van der Waals surface area (Å²) in [5.74, 6) is 0.976. The first kappa shape index (κ1) is 20.8. The standard InChI is InChI=1S/C23H27N5O3/c1-23(2,3)28-19-9-10-27(14-16(19)13-24-28)22(30)18-12-21(29)26-20(25-18)11-15-5-7-17(31-4)8-6-15/h5-8,12-13H,9-11,14H2,1-4H3,(H,25,26,29). The van der Waals surface area contributed by atoms with E-state index in [2.05, 4.69) is 35.8 Å². The van der Waals surface area contributed by atoms with Crippen LogP contribution in [0.15, 0.2) is 41.3 Å². The molecule has 0 aliphatic carbocycles. The number of ether oxygens (including phenoxy) is 1. The molecule has 0 radical (unpaired) electrons. The monoisotopic (exact) mass is 421 g/mol. The first-order valence-electron chi connectivity index (χ1n) is 10.3. The van der Waals surface area contributed by atoms with Crippen molar-refractivity contribution in [2.75, 3.05) is 13.7 Å². The van der Waals surface area contributed by atoms with Crippen molar-refractivity contribution in [1.82, 2.24) is 24.6 Å². The summed E-state index contributed by atoms with van der Waals surface area (Å²) in [4.78, 5) is 34.2. The van der Waals surface area contributed by atoms with Crippen LogP contribution in [0.1, 0.15) is 53.9 Å². The lowest BCUT2D eigenvalue weighted by Crippen LogP contribution is -2.38. The number of methoxy groups -OCH3 is 1. The maximum atomic E-state index is 13.1. The molecule has 3 aromatic rings. The number of aromatic nitrogens is 4. The Balaban J connectivity index is 1.53. The van der Waals surface area contributed by atoms with Gasteiger partial charge in [0.15, 0.2) is 0 Å². The second-order valence-corrected chi connectivity index (χ2v) is 8.78. The molecule has 0 unspecified atom stereocenters. The number of nitrogens with zero attached hydrogens (tertiary/aromatic N) is 4. The summed E-state index contributed by atoms with van der Waals surface area (Å²) in [6.07, 6.45) is 2.98. The van der Waals surface area contributed by atoms with Gasteiger partial charge in [-0.05, 0) is 38.5 Å². The van der Waals surface area contributed by atoms with Gasteiger partial charge in [-0.25, -0.2) is 4.98 Å². The summed E-state index contributed by atoms with van der Waals surface area (Å²) in [5, 5.41) is 4.52. The molecule has 8 heteroatoms. The minimum Gasteiger partial charge on any atom is -0.497 e. The van der Waals surface area contributed by atoms with E-state index in [0.29, 0.717) is 25.3 Å². The topological polar surface area (TPSA) is 93.1 Å². The van der Waals surface area contributed by atoms with Crippen LogP contribution in [0.25, 0.3) is 0 Å². The molecule has 0 atom stereocenters. The number of H-pyrrole nitrogens is 1. The predicted molar refractivity (Wildman–Crippen MR) is 116 cm³/mol. The summed E-state index contributed by atoms with van der Waals surface area (Å²) in [7, 11) is 1.61. The summed E-state index contributed by atoms with van der Waals surface area (Å²) >= 11 is 0. The first-order valence-corrected chi connectivity index (χ1v) is 10.3. The van der Waals surface area contributed by atoms with Crippen LogP contribution >= 0.6 is 0 Å². The number of nitrogens with one attached hydrogen (secondary N) is 1. The van der Waals surface area contributed by atoms with E-state index in [1.165, 1.54) is 6.07 Å². The fourth-order valence-corrected chi connectivity index (χ4v) is 3.88. The van der Waals surface area contributed by atoms with Crippen molar-refractivity contribution < 1.29 is 9.53 Å². The van der Waals surface area contributed by atoms with Crippen LogP contribution < -0.4 is 10.3 Å². The molecule has 1 aliphatic rings. The van der Waals surface area contributed by atoms with Crippen molar-refractivity contribution in [1.29, 1.82) is 0 Å². The van der Waals surface area contributed by atoms with E-state index in [-0.39, 0.29) is 22.7 Å². The summed E-state index contributed by atoms with van der Waals surface area (Å²) in [6, 6.07) is 8.80. The predicted octanol–water partition coefficient (Wildman–Crippen LogP) is 2.52. The van der Waals surface area contributed by atoms with Crippen LogP contribution in [0.4, 0.5) is 0 Å². The van der Waals surface area contributed by atoms with Gasteiger partial charge < -0.3 is 14.6 Å². The number of carbonyl (C=O) groups excluding carboxylic acids is 1. The van der Waals surface area contributed by atoms with Crippen molar-refractivity contribution in [3.8, 4) is 5.75 Å². The highest BCUT2D eigenvalue weighted by atomic mass is 16.5. The average Bonchev–Trinajstić information content (AvgIpc) is 3.17. The lowest BCUT2D eigenvalue weighted by Gasteiger charge is -2.30. The quantitative estimate of drug-likeness (QED) is 0.699. The highest BCUT2D eigenvalue weighted by Crippen LogP contribution is 2.25. The van der Waals surface area contributed by atoms with Gasteiger partial charge in [0.1, 0.15) is 17.3 Å². The van der Waals surface area contributed by atoms with Gasteiger partial charge in [0.2, 0.25) is 0 Å². The number of hydrogen-bond donors (Lipinski definition) is 1. The molecule has 1 N–H and O–H groups in total. The molecule has 1 aliphatic heterocycles. The fraction of sp³-hybridized carbons (Fsp3) is 0.391. The van der Waals surface area contributed by atoms with Crippen molar-refractivity contribution in [3.63, 3.8) is 0 Å². The molecule has 1 amide bonds. The fourth-order valence-electron chi connectivity index (χ4n) is 3.88. The summed E-state index contributed by atoms with van der Waals surface area (Å²) in [5.41, 5.74) is 2.89. The Bertz CT molecular complexity index is 1160. The van der Waals surface area contributed by atoms with Crippen molar-refractivity contribution in [2.45, 2.75) is 45.7 Å². The molecule has 0 saturated heterocycles. The summed E-state index contributed by atoms with van der Waals surface area (Å²) in [6.45, 7) is 7.37. The van der Waals surface area contributed by atoms with Gasteiger partial charge in [0.25, 0.3) is 11.5 Å². The van der Waals surface area contributed by atoms with Crippen LogP contribution in [0.2, 0.25) is 0 Å². The molecular formula is C23H27N5O3. The molecule has 2 aromatic heterocycles. The zero-order valence-corrected chi connectivity index (χ0v) is 18.3. The highest BCUT2D eigenvalue weighted by Gasteiger charge is 2.28. The van der Waals surface area contributed by atoms with Gasteiger partial charge in [0.05, 0.1) is 18.8 Å². The zero-order chi connectivity index (χ0) is 22.2. The van der Waals surface area contributed by atoms with Gasteiger partial charge in [-0.2, -0.15) is 5.10 Å². The summed E-state index contributed by atoms with van der Waals surface area (Å²) < 4.78 is 7.20. The molecule has 4 rings (SSSR count). The number of aromatic amines is 1. The number of fused-ring (bicyclic) bond motifs is 1. The maximum Gasteiger partial charge on any atom is 0.273 e. The Hall–Kier alpha value is -3.42. The van der Waals surface area contributed by atoms with Gasteiger partial charge in [0, 0.05) is 43.3 Å². The SMILES string of the molecule is COc1ccc(Cc2nc(C(=O)N3CCc4c(cnn4C(C)(C)C)C3)cc(=O)[nH]2)cc1. The number of benzene rings is 1. The van der Waals surface area contributed by atoms with Crippen LogP contribution in [-0.4, -0.2) is 44.2 Å². The largest absolute Gasteiger partial charge is 0.497 e. The molecule has 0 spiro atoms. The molecule has 31 heavy (non-hydrogen) atoms. The number of amides is 1. The van der Waals surface area contributed by atoms with E-state index in [1.54, 1.807) is 12.0 Å². The minimum atomic E-state index is -0.333. The number of rotatable bonds is 4. The van der Waals surface area contributed by atoms with Crippen LogP contribution in [0.5, 0.6) is 5.75 Å². The van der Waals surface area contributed by atoms with E-state index in [0.717, 1.165) is 29.0 Å². The molecule has 0 bridgehead atoms. The third-order valence-corrected chi connectivity index (χ3v) is 5.40. The lowest BCUT2D eigenvalue weighted by atomic mass is 10.0. The second kappa shape index (κ2) is 8.02. The molecule has 3 heterocycles. The maximum absolute atomic E-state index is 13.1. The smallest absolute Gasteiger partial charge is 0.273 e. The van der Waals surface area contributed by atoms with Crippen LogP contribution in [0.3, 0.4) is 0 Å². The van der Waals surface area contributed by atoms with E-state index < -0.39 is 0 Å². The van der Waals surface area contributed by atoms with Crippen LogP contribution in [0, 0.1) is 0 Å². The van der Waals surface area contributed by atoms with Crippen molar-refractivity contribution >= 4 is 5.91 Å². The molecule has 0 saturated carbocycles. The number of carbonyl (C=O) groups is 1. The third kappa shape index (κ3) is 4.38. The molecule has 8 nitrogen and oxygen atoms in total. The van der Waals surface area contributed by atoms with Crippen LogP contribution in [-0.2, 0) is 24.9 Å². The van der Waals surface area contributed by atoms with E-state index in [9.17, 15) is 9.59 Å². The number of hydrogen-bond acceptors (Lipinski definition) is 5. The Labute approximate surface area is 180 Å². The van der Waals surface area contributed by atoms with E-state index in [4.69, 9.17) is 4.74 Å². The van der Waals surface area contributed by atoms with Crippen molar-refractivity contribution in [2.24, 2.45) is 0 Å². The second-order valence-electron chi connectivity index (χ2n) is 8.78. The van der Waals surface area contributed by atoms with E-state index >= 15 is 0 Å². The van der Waals surface area contributed by atoms with Crippen molar-refractivity contribution in [3.05, 3.63) is 75.2 Å². The Morgan fingerprint density at radius 1 is 1.23 bits per heavy atom. The Morgan fingerprint density at radius 2 is 1.97 bits per heavy atom. The van der Waals surface area contributed by atoms with Gasteiger partial charge >= 0.3 is 0 Å².